The van der Waals surface area contributed by atoms with Crippen molar-refractivity contribution in [3.63, 3.8) is 0 Å². The van der Waals surface area contributed by atoms with Crippen molar-refractivity contribution < 1.29 is 13.9 Å². The number of nitrogens with zero attached hydrogens (tertiary/aromatic N) is 3. The minimum absolute atomic E-state index is 0.0831. The van der Waals surface area contributed by atoms with Crippen LogP contribution in [-0.2, 0) is 17.9 Å². The van der Waals surface area contributed by atoms with Gasteiger partial charge < -0.3 is 20.4 Å². The average molecular weight is 523 g/mol. The number of hydrogen-bond donors (Lipinski definition) is 2. The van der Waals surface area contributed by atoms with Crippen LogP contribution in [0.25, 0.3) is 11.0 Å². The quantitative estimate of drug-likeness (QED) is 0.486. The van der Waals surface area contributed by atoms with Crippen molar-refractivity contribution in [2.24, 2.45) is 0 Å². The summed E-state index contributed by atoms with van der Waals surface area (Å²) < 4.78 is 20.8. The Morgan fingerprint density at radius 2 is 2.27 bits per heavy atom. The number of nitrogens with two attached hydrogens (primary N) is 1. The highest BCUT2D eigenvalue weighted by molar-refractivity contribution is 14.1. The molecule has 0 fully saturated rings. The van der Waals surface area contributed by atoms with E-state index >= 15 is 0 Å². The fourth-order valence-corrected chi connectivity index (χ4v) is 4.19. The normalized spacial score (nSPS) is 16.6. The number of pyridine rings is 2. The first-order chi connectivity index (χ1) is 14.3. The first-order valence-electron chi connectivity index (χ1n) is 9.83. The fraction of sp³-hybridized carbons (Fsp3) is 0.381. The van der Waals surface area contributed by atoms with Gasteiger partial charge in [0.15, 0.2) is 0 Å². The number of aromatic amines is 1. The molecule has 1 aliphatic heterocycles. The van der Waals surface area contributed by atoms with Crippen LogP contribution in [0.1, 0.15) is 60.6 Å². The molecule has 0 saturated carbocycles. The summed E-state index contributed by atoms with van der Waals surface area (Å²) >= 11 is 2.01. The molecule has 4 heterocycles. The molecular formula is C21H23FIN5O2. The van der Waals surface area contributed by atoms with E-state index in [1.165, 1.54) is 6.07 Å². The largest absolute Gasteiger partial charge is 0.383 e. The number of nitrogens with one attached hydrogen (secondary N) is 1. The molecule has 9 heteroatoms. The Morgan fingerprint density at radius 3 is 2.97 bits per heavy atom. The molecule has 3 aromatic rings. The van der Waals surface area contributed by atoms with Gasteiger partial charge >= 0.3 is 0 Å². The van der Waals surface area contributed by atoms with Gasteiger partial charge in [0, 0.05) is 26.9 Å². The van der Waals surface area contributed by atoms with Gasteiger partial charge in [0.1, 0.15) is 17.3 Å². The van der Waals surface area contributed by atoms with E-state index in [1.807, 2.05) is 43.4 Å². The van der Waals surface area contributed by atoms with Gasteiger partial charge in [-0.2, -0.15) is 0 Å². The second kappa shape index (κ2) is 8.10. The van der Waals surface area contributed by atoms with Gasteiger partial charge in [-0.1, -0.05) is 6.92 Å². The molecule has 0 saturated heterocycles. The topological polar surface area (TPSA) is 97.1 Å². The second-order valence-electron chi connectivity index (χ2n) is 7.56. The molecule has 4 rings (SSSR count). The molecule has 158 valence electrons. The number of aromatic nitrogens is 3. The molecule has 3 aromatic heterocycles. The summed E-state index contributed by atoms with van der Waals surface area (Å²) in [5.74, 6) is -0.233. The zero-order valence-electron chi connectivity index (χ0n) is 17.0. The Morgan fingerprint density at radius 1 is 1.50 bits per heavy atom. The Kier molecular flexibility index (Phi) is 5.67. The third kappa shape index (κ3) is 3.64. The Labute approximate surface area is 187 Å². The van der Waals surface area contributed by atoms with Crippen LogP contribution in [0.3, 0.4) is 0 Å². The summed E-state index contributed by atoms with van der Waals surface area (Å²) in [6, 6.07) is 3.02. The number of H-pyrrole nitrogens is 1. The maximum Gasteiger partial charge on any atom is 0.270 e. The van der Waals surface area contributed by atoms with Crippen molar-refractivity contribution in [1.82, 2.24) is 19.9 Å². The van der Waals surface area contributed by atoms with Crippen LogP contribution in [0.15, 0.2) is 18.3 Å². The molecule has 0 aliphatic carbocycles. The van der Waals surface area contributed by atoms with Gasteiger partial charge in [-0.15, -0.1) is 0 Å². The van der Waals surface area contributed by atoms with Crippen LogP contribution in [0, 0.1) is 9.39 Å². The van der Waals surface area contributed by atoms with E-state index in [-0.39, 0.29) is 30.3 Å². The fourth-order valence-electron chi connectivity index (χ4n) is 3.78. The summed E-state index contributed by atoms with van der Waals surface area (Å²) in [4.78, 5) is 26.9. The molecule has 0 unspecified atom stereocenters. The van der Waals surface area contributed by atoms with Crippen LogP contribution >= 0.6 is 22.6 Å². The predicted octanol–water partition coefficient (Wildman–Crippen LogP) is 4.32. The highest BCUT2D eigenvalue weighted by Gasteiger charge is 2.29. The Hall–Kier alpha value is -2.27. The molecule has 0 bridgehead atoms. The third-order valence-corrected chi connectivity index (χ3v) is 6.23. The lowest BCUT2D eigenvalue weighted by atomic mass is 10.1. The smallest absolute Gasteiger partial charge is 0.270 e. The zero-order valence-corrected chi connectivity index (χ0v) is 19.2. The van der Waals surface area contributed by atoms with E-state index in [9.17, 15) is 9.18 Å². The lowest BCUT2D eigenvalue weighted by Gasteiger charge is -2.28. The van der Waals surface area contributed by atoms with Gasteiger partial charge in [-0.25, -0.2) is 9.37 Å². The summed E-state index contributed by atoms with van der Waals surface area (Å²) in [5, 5.41) is 0. The van der Waals surface area contributed by atoms with Crippen molar-refractivity contribution in [1.29, 1.82) is 0 Å². The Bertz CT molecular complexity index is 1130. The molecule has 3 N–H and O–H groups in total. The predicted molar refractivity (Wildman–Crippen MR) is 120 cm³/mol. The van der Waals surface area contributed by atoms with E-state index < -0.39 is 5.82 Å². The molecule has 0 spiro atoms. The first-order valence-corrected chi connectivity index (χ1v) is 10.9. The number of fused-ring (bicyclic) bond motifs is 3. The summed E-state index contributed by atoms with van der Waals surface area (Å²) in [6.07, 6.45) is 2.19. The first kappa shape index (κ1) is 21.0. The van der Waals surface area contributed by atoms with E-state index in [0.717, 1.165) is 23.1 Å². The number of anilines is 1. The number of carbonyl (C=O) groups is 1. The number of halogens is 2. The maximum atomic E-state index is 14.4. The van der Waals surface area contributed by atoms with Crippen molar-refractivity contribution in [3.8, 4) is 0 Å². The molecule has 1 aliphatic rings. The van der Waals surface area contributed by atoms with E-state index in [4.69, 9.17) is 10.5 Å². The minimum Gasteiger partial charge on any atom is -0.383 e. The van der Waals surface area contributed by atoms with Crippen molar-refractivity contribution >= 4 is 45.3 Å². The minimum atomic E-state index is -0.418. The van der Waals surface area contributed by atoms with Crippen LogP contribution in [-0.4, -0.2) is 31.8 Å². The van der Waals surface area contributed by atoms with Crippen LogP contribution < -0.4 is 5.73 Å². The van der Waals surface area contributed by atoms with Crippen molar-refractivity contribution in [3.05, 3.63) is 50.2 Å². The Balaban J connectivity index is 1.72. The molecule has 0 radical (unpaired) electrons. The maximum absolute atomic E-state index is 14.4. The van der Waals surface area contributed by atoms with Gasteiger partial charge in [0.05, 0.1) is 36.0 Å². The van der Waals surface area contributed by atoms with Gasteiger partial charge in [-0.3, -0.25) is 9.78 Å². The lowest BCUT2D eigenvalue weighted by molar-refractivity contribution is 0.0661. The van der Waals surface area contributed by atoms with Gasteiger partial charge in [-0.05, 0) is 55.0 Å². The monoisotopic (exact) mass is 523 g/mol. The number of nitrogen functional groups attached to an aromatic ring is 1. The van der Waals surface area contributed by atoms with Crippen LogP contribution in [0.5, 0.6) is 0 Å². The second-order valence-corrected chi connectivity index (χ2v) is 8.80. The molecule has 30 heavy (non-hydrogen) atoms. The van der Waals surface area contributed by atoms with E-state index in [1.54, 1.807) is 17.2 Å². The lowest BCUT2D eigenvalue weighted by Crippen LogP contribution is -2.38. The van der Waals surface area contributed by atoms with E-state index in [0.29, 0.717) is 27.2 Å². The number of amides is 1. The van der Waals surface area contributed by atoms with Crippen LogP contribution in [0.4, 0.5) is 10.2 Å². The van der Waals surface area contributed by atoms with Crippen LogP contribution in [0.2, 0.25) is 0 Å². The highest BCUT2D eigenvalue weighted by Crippen LogP contribution is 2.38. The van der Waals surface area contributed by atoms with Gasteiger partial charge in [0.25, 0.3) is 5.91 Å². The average Bonchev–Trinajstić information content (AvgIpc) is 3.30. The number of rotatable bonds is 5. The number of carbonyl (C=O) groups excluding carboxylic acids is 1. The molecule has 1 amide bonds. The third-order valence-electron chi connectivity index (χ3n) is 5.64. The van der Waals surface area contributed by atoms with Gasteiger partial charge in [0.2, 0.25) is 0 Å². The van der Waals surface area contributed by atoms with E-state index in [2.05, 4.69) is 15.0 Å². The summed E-state index contributed by atoms with van der Waals surface area (Å²) in [6.45, 7) is 6.36. The number of hydrogen-bond acceptors (Lipinski definition) is 5. The molecular weight excluding hydrogens is 500 g/mol. The number of ether oxygens (including phenoxy) is 1. The summed E-state index contributed by atoms with van der Waals surface area (Å²) in [7, 11) is 0. The molecule has 7 nitrogen and oxygen atoms in total. The molecule has 2 atom stereocenters. The van der Waals surface area contributed by atoms with Crippen molar-refractivity contribution in [2.75, 3.05) is 5.73 Å². The van der Waals surface area contributed by atoms with Crippen molar-refractivity contribution in [2.45, 2.75) is 52.5 Å². The SMILES string of the molecule is CC[C@@H](C)N(Cc1ncc(I)cc1F)C(=O)c1cc2nc(N)c3c(c2[nH]1)CO[C@@H]3C. The highest BCUT2D eigenvalue weighted by atomic mass is 127. The standard InChI is InChI=1S/C21H23FIN5O2/c1-4-10(2)28(8-17-14(22)5-12(23)7-25-17)21(29)16-6-15-19(26-16)13-9-30-11(3)18(13)20(24)27-15/h5-7,10-11,26H,4,8-9H2,1-3H3,(H2,24,27)/t10-,11-/m1/s1. The summed E-state index contributed by atoms with van der Waals surface area (Å²) in [5.41, 5.74) is 9.93. The zero-order chi connectivity index (χ0) is 21.6. The molecule has 0 aromatic carbocycles.